The SMILES string of the molecule is c1ccc(-c2nc(-c3ccccc3-n3c4ccccc4c4cc5c6ccccc6n(-c6ccccc6)c5cc43)c3sc4ccccc4c3n2)cc1. The Bertz CT molecular complexity index is 3130. The summed E-state index contributed by atoms with van der Waals surface area (Å²) in [5.74, 6) is 0.729. The molecule has 0 radical (unpaired) electrons. The van der Waals surface area contributed by atoms with Crippen molar-refractivity contribution in [3.8, 4) is 34.0 Å². The molecule has 4 aromatic heterocycles. The van der Waals surface area contributed by atoms with Crippen molar-refractivity contribution in [2.75, 3.05) is 0 Å². The van der Waals surface area contributed by atoms with Crippen molar-refractivity contribution in [2.24, 2.45) is 0 Å². The van der Waals surface area contributed by atoms with Gasteiger partial charge in [-0.15, -0.1) is 11.3 Å². The van der Waals surface area contributed by atoms with Crippen molar-refractivity contribution in [1.82, 2.24) is 19.1 Å². The van der Waals surface area contributed by atoms with Crippen LogP contribution in [0.4, 0.5) is 0 Å². The monoisotopic (exact) mass is 668 g/mol. The lowest BCUT2D eigenvalue weighted by molar-refractivity contribution is 1.16. The van der Waals surface area contributed by atoms with E-state index in [-0.39, 0.29) is 0 Å². The van der Waals surface area contributed by atoms with Crippen molar-refractivity contribution in [3.63, 3.8) is 0 Å². The number of hydrogen-bond donors (Lipinski definition) is 0. The number of hydrogen-bond acceptors (Lipinski definition) is 3. The van der Waals surface area contributed by atoms with E-state index in [0.29, 0.717) is 0 Å². The zero-order valence-electron chi connectivity index (χ0n) is 27.4. The quantitative estimate of drug-likeness (QED) is 0.187. The lowest BCUT2D eigenvalue weighted by Crippen LogP contribution is -2.00. The molecule has 4 heterocycles. The molecule has 5 heteroatoms. The van der Waals surface area contributed by atoms with E-state index in [2.05, 4.69) is 173 Å². The largest absolute Gasteiger partial charge is 0.309 e. The van der Waals surface area contributed by atoms with Crippen LogP contribution in [0.15, 0.2) is 170 Å². The van der Waals surface area contributed by atoms with Crippen molar-refractivity contribution in [1.29, 1.82) is 0 Å². The summed E-state index contributed by atoms with van der Waals surface area (Å²) < 4.78 is 7.14. The van der Waals surface area contributed by atoms with Crippen molar-refractivity contribution in [2.45, 2.75) is 0 Å². The Kier molecular flexibility index (Phi) is 6.09. The lowest BCUT2D eigenvalue weighted by Gasteiger charge is -2.15. The third kappa shape index (κ3) is 4.19. The number of aromatic nitrogens is 4. The first-order chi connectivity index (χ1) is 25.3. The molecule has 11 aromatic rings. The molecule has 238 valence electrons. The zero-order chi connectivity index (χ0) is 33.5. The van der Waals surface area contributed by atoms with Crippen LogP contribution in [-0.2, 0) is 0 Å². The summed E-state index contributed by atoms with van der Waals surface area (Å²) in [5.41, 5.74) is 10.9. The molecular formula is C46H28N4S. The number of para-hydroxylation sites is 4. The summed E-state index contributed by atoms with van der Waals surface area (Å²) in [6, 6.07) is 60.6. The third-order valence-corrected chi connectivity index (χ3v) is 11.3. The minimum Gasteiger partial charge on any atom is -0.309 e. The Morgan fingerprint density at radius 1 is 0.431 bits per heavy atom. The molecule has 11 rings (SSSR count). The second-order valence-corrected chi connectivity index (χ2v) is 14.0. The first-order valence-electron chi connectivity index (χ1n) is 17.2. The number of rotatable bonds is 4. The molecule has 0 bridgehead atoms. The van der Waals surface area contributed by atoms with Gasteiger partial charge < -0.3 is 9.13 Å². The summed E-state index contributed by atoms with van der Waals surface area (Å²) in [6.45, 7) is 0. The standard InChI is InChI=1S/C46H28N4S/c1-3-15-29(16-4-1)46-47-43(45-44(48-46)34-22-10-14-26-42(34)51-45)33-21-9-13-25-39(33)50-38-24-12-8-20-32(38)36-27-35-31-19-7-11-23-37(31)49(40(35)28-41(36)50)30-17-5-2-6-18-30/h1-28H. The van der Waals surface area contributed by atoms with E-state index in [0.717, 1.165) is 60.7 Å². The number of nitrogens with zero attached hydrogens (tertiary/aromatic N) is 4. The molecule has 0 atom stereocenters. The molecule has 0 fully saturated rings. The molecule has 0 saturated carbocycles. The molecular weight excluding hydrogens is 641 g/mol. The predicted octanol–water partition coefficient (Wildman–Crippen LogP) is 12.4. The minimum atomic E-state index is 0.729. The highest BCUT2D eigenvalue weighted by Gasteiger charge is 2.22. The number of thiophene rings is 1. The Morgan fingerprint density at radius 3 is 1.78 bits per heavy atom. The van der Waals surface area contributed by atoms with Crippen molar-refractivity contribution in [3.05, 3.63) is 170 Å². The van der Waals surface area contributed by atoms with Gasteiger partial charge in [-0.1, -0.05) is 121 Å². The van der Waals surface area contributed by atoms with Crippen LogP contribution in [0.2, 0.25) is 0 Å². The van der Waals surface area contributed by atoms with Crippen molar-refractivity contribution >= 4 is 75.3 Å². The van der Waals surface area contributed by atoms with Crippen LogP contribution < -0.4 is 0 Å². The Morgan fingerprint density at radius 2 is 1.02 bits per heavy atom. The Balaban J connectivity index is 1.26. The summed E-state index contributed by atoms with van der Waals surface area (Å²) in [7, 11) is 0. The summed E-state index contributed by atoms with van der Waals surface area (Å²) in [5, 5.41) is 6.10. The summed E-state index contributed by atoms with van der Waals surface area (Å²) in [4.78, 5) is 10.6. The molecule has 0 spiro atoms. The van der Waals surface area contributed by atoms with E-state index in [1.165, 1.54) is 37.3 Å². The molecule has 0 amide bonds. The first-order valence-corrected chi connectivity index (χ1v) is 18.0. The fourth-order valence-electron chi connectivity index (χ4n) is 7.90. The van der Waals surface area contributed by atoms with Crippen LogP contribution in [0.1, 0.15) is 0 Å². The molecule has 4 nitrogen and oxygen atoms in total. The van der Waals surface area contributed by atoms with Crippen molar-refractivity contribution < 1.29 is 0 Å². The lowest BCUT2D eigenvalue weighted by atomic mass is 10.1. The van der Waals surface area contributed by atoms with Gasteiger partial charge in [0.05, 0.1) is 43.7 Å². The number of benzene rings is 7. The molecule has 0 aliphatic heterocycles. The van der Waals surface area contributed by atoms with Gasteiger partial charge in [0.1, 0.15) is 0 Å². The van der Waals surface area contributed by atoms with Crippen LogP contribution in [0, 0.1) is 0 Å². The zero-order valence-corrected chi connectivity index (χ0v) is 28.2. The van der Waals surface area contributed by atoms with Gasteiger partial charge in [-0.05, 0) is 48.5 Å². The highest BCUT2D eigenvalue weighted by molar-refractivity contribution is 7.26. The maximum Gasteiger partial charge on any atom is 0.160 e. The number of fused-ring (bicyclic) bond motifs is 9. The highest BCUT2D eigenvalue weighted by atomic mass is 32.1. The first kappa shape index (κ1) is 28.3. The van der Waals surface area contributed by atoms with Gasteiger partial charge in [0.2, 0.25) is 0 Å². The van der Waals surface area contributed by atoms with Gasteiger partial charge >= 0.3 is 0 Å². The molecule has 51 heavy (non-hydrogen) atoms. The van der Waals surface area contributed by atoms with E-state index in [1.54, 1.807) is 11.3 Å². The van der Waals surface area contributed by atoms with Crippen LogP contribution in [0.5, 0.6) is 0 Å². The second-order valence-electron chi connectivity index (χ2n) is 13.0. The van der Waals surface area contributed by atoms with Gasteiger partial charge in [0.25, 0.3) is 0 Å². The molecule has 0 N–H and O–H groups in total. The predicted molar refractivity (Wildman–Crippen MR) is 214 cm³/mol. The normalized spacial score (nSPS) is 11.9. The highest BCUT2D eigenvalue weighted by Crippen LogP contribution is 2.44. The molecule has 7 aromatic carbocycles. The van der Waals surface area contributed by atoms with Gasteiger partial charge in [0, 0.05) is 48.4 Å². The van der Waals surface area contributed by atoms with E-state index >= 15 is 0 Å². The van der Waals surface area contributed by atoms with Gasteiger partial charge in [-0.25, -0.2) is 9.97 Å². The topological polar surface area (TPSA) is 35.6 Å². The van der Waals surface area contributed by atoms with Crippen LogP contribution in [-0.4, -0.2) is 19.1 Å². The fraction of sp³-hybridized carbons (Fsp3) is 0. The smallest absolute Gasteiger partial charge is 0.160 e. The molecule has 0 aliphatic rings. The van der Waals surface area contributed by atoms with E-state index in [9.17, 15) is 0 Å². The summed E-state index contributed by atoms with van der Waals surface area (Å²) >= 11 is 1.77. The van der Waals surface area contributed by atoms with E-state index < -0.39 is 0 Å². The van der Waals surface area contributed by atoms with Gasteiger partial charge in [0.15, 0.2) is 5.82 Å². The fourth-order valence-corrected chi connectivity index (χ4v) is 9.05. The average molecular weight is 669 g/mol. The minimum absolute atomic E-state index is 0.729. The summed E-state index contributed by atoms with van der Waals surface area (Å²) in [6.07, 6.45) is 0. The maximum absolute atomic E-state index is 5.38. The van der Waals surface area contributed by atoms with Crippen LogP contribution in [0.25, 0.3) is 97.9 Å². The van der Waals surface area contributed by atoms with Crippen LogP contribution in [0.3, 0.4) is 0 Å². The van der Waals surface area contributed by atoms with Gasteiger partial charge in [-0.2, -0.15) is 0 Å². The van der Waals surface area contributed by atoms with E-state index in [4.69, 9.17) is 9.97 Å². The average Bonchev–Trinajstić information content (AvgIpc) is 3.85. The Labute approximate surface area is 297 Å². The van der Waals surface area contributed by atoms with Crippen LogP contribution >= 0.6 is 11.3 Å². The molecule has 0 aliphatic carbocycles. The molecule has 0 saturated heterocycles. The Hall–Kier alpha value is -6.56. The third-order valence-electron chi connectivity index (χ3n) is 10.1. The van der Waals surface area contributed by atoms with E-state index in [1.807, 2.05) is 6.07 Å². The van der Waals surface area contributed by atoms with Gasteiger partial charge in [-0.3, -0.25) is 0 Å². The maximum atomic E-state index is 5.38. The second kappa shape index (κ2) is 11.0. The molecule has 0 unspecified atom stereocenters.